The van der Waals surface area contributed by atoms with E-state index in [1.54, 1.807) is 13.8 Å². The van der Waals surface area contributed by atoms with Crippen molar-refractivity contribution in [2.75, 3.05) is 0 Å². The van der Waals surface area contributed by atoms with Crippen LogP contribution in [-0.4, -0.2) is 10.9 Å². The van der Waals surface area contributed by atoms with Gasteiger partial charge in [0.2, 0.25) is 0 Å². The third kappa shape index (κ3) is 2.32. The molecule has 0 fully saturated rings. The van der Waals surface area contributed by atoms with Crippen LogP contribution in [0.5, 0.6) is 5.75 Å². The van der Waals surface area contributed by atoms with Crippen LogP contribution in [0, 0.1) is 11.7 Å². The number of halogens is 3. The first kappa shape index (κ1) is 12.5. The van der Waals surface area contributed by atoms with Crippen molar-refractivity contribution in [2.45, 2.75) is 13.8 Å². The van der Waals surface area contributed by atoms with Crippen molar-refractivity contribution in [3.05, 3.63) is 26.9 Å². The summed E-state index contributed by atoms with van der Waals surface area (Å²) in [5.74, 6) is -2.17. The lowest BCUT2D eigenvalue weighted by atomic mass is 10.00. The van der Waals surface area contributed by atoms with Crippen molar-refractivity contribution in [1.82, 2.24) is 0 Å². The lowest BCUT2D eigenvalue weighted by Crippen LogP contribution is -2.10. The zero-order chi connectivity index (χ0) is 11.7. The molecule has 0 aliphatic rings. The van der Waals surface area contributed by atoms with Gasteiger partial charge in [0.1, 0.15) is 5.75 Å². The number of aromatic hydroxyl groups is 1. The van der Waals surface area contributed by atoms with Crippen LogP contribution in [0.1, 0.15) is 24.2 Å². The minimum Gasteiger partial charge on any atom is -0.506 e. The third-order valence-corrected chi connectivity index (χ3v) is 2.78. The Bertz CT molecular complexity index is 392. The van der Waals surface area contributed by atoms with Gasteiger partial charge in [-0.15, -0.1) is 0 Å². The van der Waals surface area contributed by atoms with E-state index in [9.17, 15) is 14.3 Å². The van der Waals surface area contributed by atoms with Crippen molar-refractivity contribution in [3.63, 3.8) is 0 Å². The minimum absolute atomic E-state index is 0.0488. The number of hydrogen-bond acceptors (Lipinski definition) is 2. The van der Waals surface area contributed by atoms with Gasteiger partial charge in [-0.25, -0.2) is 4.39 Å². The summed E-state index contributed by atoms with van der Waals surface area (Å²) in [6.45, 7) is 3.24. The summed E-state index contributed by atoms with van der Waals surface area (Å²) in [7, 11) is 0. The monoisotopic (exact) mass is 294 g/mol. The van der Waals surface area contributed by atoms with Crippen molar-refractivity contribution >= 4 is 33.3 Å². The van der Waals surface area contributed by atoms with Gasteiger partial charge < -0.3 is 5.11 Å². The van der Waals surface area contributed by atoms with Crippen LogP contribution in [0.4, 0.5) is 4.39 Å². The number of Topliss-reactive ketones (excluding diaryl/α,β-unsaturated/α-hetero) is 1. The molecule has 1 N–H and O–H groups in total. The van der Waals surface area contributed by atoms with Crippen molar-refractivity contribution in [2.24, 2.45) is 5.92 Å². The number of benzene rings is 1. The van der Waals surface area contributed by atoms with Gasteiger partial charge in [0.15, 0.2) is 11.6 Å². The van der Waals surface area contributed by atoms with E-state index in [1.807, 2.05) is 0 Å². The van der Waals surface area contributed by atoms with Gasteiger partial charge in [-0.2, -0.15) is 0 Å². The summed E-state index contributed by atoms with van der Waals surface area (Å²) in [5.41, 5.74) is -0.357. The lowest BCUT2D eigenvalue weighted by molar-refractivity contribution is 0.0932. The topological polar surface area (TPSA) is 37.3 Å². The van der Waals surface area contributed by atoms with Gasteiger partial charge in [0.05, 0.1) is 15.1 Å². The Balaban J connectivity index is 3.46. The molecule has 1 rings (SSSR count). The normalized spacial score (nSPS) is 10.8. The van der Waals surface area contributed by atoms with Crippen LogP contribution >= 0.6 is 27.5 Å². The predicted octanol–water partition coefficient (Wildman–Crippen LogP) is 3.79. The molecular weight excluding hydrogens is 286 g/mol. The molecule has 1 aromatic rings. The summed E-state index contributed by atoms with van der Waals surface area (Å²) in [6.07, 6.45) is 0. The highest BCUT2D eigenvalue weighted by Gasteiger charge is 2.23. The number of carbonyl (C=O) groups is 1. The number of phenolic OH excluding ortho intramolecular Hbond substituents is 1. The predicted molar refractivity (Wildman–Crippen MR) is 59.9 cm³/mol. The fraction of sp³-hybridized carbons (Fsp3) is 0.300. The van der Waals surface area contributed by atoms with Crippen LogP contribution in [0.3, 0.4) is 0 Å². The molecule has 0 bridgehead atoms. The van der Waals surface area contributed by atoms with Gasteiger partial charge in [0, 0.05) is 5.92 Å². The highest BCUT2D eigenvalue weighted by molar-refractivity contribution is 9.10. The van der Waals surface area contributed by atoms with Gasteiger partial charge in [-0.1, -0.05) is 25.4 Å². The Morgan fingerprint density at radius 3 is 2.60 bits per heavy atom. The Morgan fingerprint density at radius 1 is 1.60 bits per heavy atom. The van der Waals surface area contributed by atoms with E-state index in [2.05, 4.69) is 15.9 Å². The minimum atomic E-state index is -0.782. The first-order valence-electron chi connectivity index (χ1n) is 4.27. The second kappa shape index (κ2) is 4.49. The summed E-state index contributed by atoms with van der Waals surface area (Å²) in [5, 5.41) is 9.46. The molecule has 0 atom stereocenters. The third-order valence-electron chi connectivity index (χ3n) is 1.92. The molecule has 0 heterocycles. The van der Waals surface area contributed by atoms with E-state index < -0.39 is 23.3 Å². The van der Waals surface area contributed by atoms with E-state index in [1.165, 1.54) is 6.07 Å². The fourth-order valence-corrected chi connectivity index (χ4v) is 1.86. The molecule has 0 saturated heterocycles. The van der Waals surface area contributed by atoms with Crippen molar-refractivity contribution in [1.29, 1.82) is 0 Å². The number of carbonyl (C=O) groups excluding carboxylic acids is 1. The largest absolute Gasteiger partial charge is 0.506 e. The van der Waals surface area contributed by atoms with Crippen LogP contribution in [0.15, 0.2) is 10.5 Å². The first-order chi connectivity index (χ1) is 6.86. The smallest absolute Gasteiger partial charge is 0.172 e. The van der Waals surface area contributed by atoms with Crippen LogP contribution in [-0.2, 0) is 0 Å². The Kier molecular flexibility index (Phi) is 3.73. The molecule has 2 nitrogen and oxygen atoms in total. The second-order valence-electron chi connectivity index (χ2n) is 3.40. The summed E-state index contributed by atoms with van der Waals surface area (Å²) in [6, 6.07) is 1.21. The quantitative estimate of drug-likeness (QED) is 0.666. The fourth-order valence-electron chi connectivity index (χ4n) is 1.10. The molecule has 0 unspecified atom stereocenters. The van der Waals surface area contributed by atoms with E-state index in [0.717, 1.165) is 0 Å². The summed E-state index contributed by atoms with van der Waals surface area (Å²) in [4.78, 5) is 11.6. The molecule has 0 aliphatic heterocycles. The average Bonchev–Trinajstić information content (AvgIpc) is 2.15. The zero-order valence-corrected chi connectivity index (χ0v) is 10.5. The SMILES string of the molecule is CC(C)C(=O)c1c(O)c(Cl)cc(Br)c1F. The maximum atomic E-state index is 13.6. The summed E-state index contributed by atoms with van der Waals surface area (Å²) < 4.78 is 13.6. The zero-order valence-electron chi connectivity index (χ0n) is 8.14. The molecule has 1 aromatic carbocycles. The number of phenols is 1. The molecule has 0 aromatic heterocycles. The van der Waals surface area contributed by atoms with Gasteiger partial charge in [0.25, 0.3) is 0 Å². The average molecular weight is 296 g/mol. The highest BCUT2D eigenvalue weighted by atomic mass is 79.9. The summed E-state index contributed by atoms with van der Waals surface area (Å²) >= 11 is 8.57. The lowest BCUT2D eigenvalue weighted by Gasteiger charge is -2.10. The molecule has 5 heteroatoms. The maximum absolute atomic E-state index is 13.6. The first-order valence-corrected chi connectivity index (χ1v) is 5.44. The molecule has 15 heavy (non-hydrogen) atoms. The van der Waals surface area contributed by atoms with Gasteiger partial charge in [-0.05, 0) is 22.0 Å². The number of hydrogen-bond donors (Lipinski definition) is 1. The molecule has 82 valence electrons. The van der Waals surface area contributed by atoms with Crippen LogP contribution in [0.25, 0.3) is 0 Å². The van der Waals surface area contributed by atoms with Gasteiger partial charge in [-0.3, -0.25) is 4.79 Å². The Hall–Kier alpha value is -0.610. The Labute approximate surface area is 100 Å². The van der Waals surface area contributed by atoms with Crippen LogP contribution in [0.2, 0.25) is 5.02 Å². The van der Waals surface area contributed by atoms with E-state index in [-0.39, 0.29) is 15.1 Å². The second-order valence-corrected chi connectivity index (χ2v) is 4.66. The van der Waals surface area contributed by atoms with E-state index in [0.29, 0.717) is 0 Å². The number of rotatable bonds is 2. The molecule has 0 aliphatic carbocycles. The van der Waals surface area contributed by atoms with E-state index >= 15 is 0 Å². The molecule has 0 amide bonds. The van der Waals surface area contributed by atoms with Crippen molar-refractivity contribution < 1.29 is 14.3 Å². The molecule has 0 radical (unpaired) electrons. The molecular formula is C10H9BrClFO2. The Morgan fingerprint density at radius 2 is 2.13 bits per heavy atom. The maximum Gasteiger partial charge on any atom is 0.172 e. The van der Waals surface area contributed by atoms with Crippen molar-refractivity contribution in [3.8, 4) is 5.75 Å². The van der Waals surface area contributed by atoms with Crippen LogP contribution < -0.4 is 0 Å². The molecule has 0 spiro atoms. The standard InChI is InChI=1S/C10H9BrClFO2/c1-4(2)9(14)7-8(13)5(11)3-6(12)10(7)15/h3-4,15H,1-2H3. The van der Waals surface area contributed by atoms with E-state index in [4.69, 9.17) is 11.6 Å². The number of ketones is 1. The van der Waals surface area contributed by atoms with Gasteiger partial charge >= 0.3 is 0 Å². The highest BCUT2D eigenvalue weighted by Crippen LogP contribution is 2.35. The molecule has 0 saturated carbocycles.